The maximum absolute atomic E-state index is 6.25. The topological polar surface area (TPSA) is 33.6 Å². The van der Waals surface area contributed by atoms with E-state index in [1.54, 1.807) is 0 Å². The van der Waals surface area contributed by atoms with Crippen molar-refractivity contribution in [3.63, 3.8) is 0 Å². The van der Waals surface area contributed by atoms with E-state index >= 15 is 0 Å². The van der Waals surface area contributed by atoms with Gasteiger partial charge in [0.1, 0.15) is 17.0 Å². The Morgan fingerprint density at radius 1 is 0.778 bits per heavy atom. The van der Waals surface area contributed by atoms with Crippen LogP contribution >= 0.6 is 7.92 Å². The maximum atomic E-state index is 6.25. The number of hydrogen-bond acceptors (Lipinski definition) is 2. The van der Waals surface area contributed by atoms with Gasteiger partial charge in [-0.05, 0) is 53.3 Å². The minimum atomic E-state index is -0.836. The van der Waals surface area contributed by atoms with Gasteiger partial charge in [-0.2, -0.15) is 0 Å². The number of amidine groups is 1. The molecule has 0 bridgehead atoms. The minimum Gasteiger partial charge on any atom is -0.455 e. The lowest BCUT2D eigenvalue weighted by Crippen LogP contribution is -2.25. The Hall–Kier alpha value is -3.94. The molecule has 0 aliphatic heterocycles. The number of nitrogens with one attached hydrogen (secondary N) is 1. The van der Waals surface area contributed by atoms with Gasteiger partial charge in [-0.25, -0.2) is 4.99 Å². The first-order valence-corrected chi connectivity index (χ1v) is 13.6. The molecule has 0 spiro atoms. The zero-order valence-electron chi connectivity index (χ0n) is 20.1. The number of benzene rings is 4. The van der Waals surface area contributed by atoms with E-state index in [9.17, 15) is 0 Å². The van der Waals surface area contributed by atoms with E-state index in [0.29, 0.717) is 6.54 Å². The highest BCUT2D eigenvalue weighted by Gasteiger charge is 2.24. The molecule has 0 heterocycles. The van der Waals surface area contributed by atoms with E-state index in [0.717, 1.165) is 35.6 Å². The van der Waals surface area contributed by atoms with Gasteiger partial charge in [-0.1, -0.05) is 109 Å². The van der Waals surface area contributed by atoms with Crippen molar-refractivity contribution in [1.82, 2.24) is 5.32 Å². The van der Waals surface area contributed by atoms with Crippen LogP contribution in [0.3, 0.4) is 0 Å². The molecule has 5 rings (SSSR count). The lowest BCUT2D eigenvalue weighted by atomic mass is 10.2. The fourth-order valence-electron chi connectivity index (χ4n) is 4.09. The van der Waals surface area contributed by atoms with Crippen molar-refractivity contribution < 1.29 is 4.74 Å². The molecule has 1 aliphatic rings. The third kappa shape index (κ3) is 6.19. The van der Waals surface area contributed by atoms with Crippen molar-refractivity contribution in [2.45, 2.75) is 19.4 Å². The van der Waals surface area contributed by atoms with Crippen molar-refractivity contribution in [1.29, 1.82) is 0 Å². The van der Waals surface area contributed by atoms with E-state index < -0.39 is 7.92 Å². The zero-order chi connectivity index (χ0) is 24.4. The summed E-state index contributed by atoms with van der Waals surface area (Å²) in [5, 5.41) is 6.43. The number of aliphatic imine (C=N–C) groups is 1. The first-order valence-electron chi connectivity index (χ1n) is 12.3. The summed E-state index contributed by atoms with van der Waals surface area (Å²) in [6, 6.07) is 39.1. The number of allylic oxidation sites excluding steroid dienone is 4. The molecule has 4 heteroatoms. The van der Waals surface area contributed by atoms with Crippen LogP contribution in [0.15, 0.2) is 144 Å². The molecule has 0 amide bonds. The quantitative estimate of drug-likeness (QED) is 0.154. The highest BCUT2D eigenvalue weighted by Crippen LogP contribution is 2.49. The second-order valence-corrected chi connectivity index (χ2v) is 10.6. The van der Waals surface area contributed by atoms with Crippen molar-refractivity contribution in [2.24, 2.45) is 4.99 Å². The molecule has 178 valence electrons. The number of ether oxygens (including phenoxy) is 1. The molecular formula is C32H29N2OP. The van der Waals surface area contributed by atoms with Crippen LogP contribution in [0, 0.1) is 0 Å². The molecule has 0 fully saturated rings. The first kappa shape index (κ1) is 23.8. The Bertz CT molecular complexity index is 1350. The zero-order valence-corrected chi connectivity index (χ0v) is 21.0. The predicted octanol–water partition coefficient (Wildman–Crippen LogP) is 8.30. The fraction of sp³-hybridized carbons (Fsp3) is 0.0938. The monoisotopic (exact) mass is 488 g/mol. The van der Waals surface area contributed by atoms with E-state index in [1.807, 2.05) is 60.7 Å². The molecule has 1 aliphatic carbocycles. The van der Waals surface area contributed by atoms with Crippen molar-refractivity contribution >= 4 is 24.5 Å². The van der Waals surface area contributed by atoms with E-state index in [4.69, 9.17) is 9.73 Å². The Labute approximate surface area is 214 Å². The highest BCUT2D eigenvalue weighted by atomic mass is 31.1. The largest absolute Gasteiger partial charge is 0.455 e. The Balaban J connectivity index is 1.57. The molecular weight excluding hydrogens is 459 g/mol. The van der Waals surface area contributed by atoms with Gasteiger partial charge in [-0.15, -0.1) is 0 Å². The molecule has 36 heavy (non-hydrogen) atoms. The summed E-state index contributed by atoms with van der Waals surface area (Å²) in [5.74, 6) is 1.53. The SMILES string of the molecule is C1=CCCC(P(/C(=N\c2ccccc2Oc2ccccc2)NCc2ccccc2)c2ccccc2)=C1. The summed E-state index contributed by atoms with van der Waals surface area (Å²) in [6.45, 7) is 0.705. The van der Waals surface area contributed by atoms with Gasteiger partial charge >= 0.3 is 0 Å². The normalized spacial score (nSPS) is 14.1. The second-order valence-electron chi connectivity index (χ2n) is 8.45. The van der Waals surface area contributed by atoms with Gasteiger partial charge in [0.05, 0.1) is 0 Å². The summed E-state index contributed by atoms with van der Waals surface area (Å²) < 4.78 is 6.25. The average Bonchev–Trinajstić information content (AvgIpc) is 2.95. The third-order valence-electron chi connectivity index (χ3n) is 5.86. The fourth-order valence-corrected chi connectivity index (χ4v) is 6.44. The first-order chi connectivity index (χ1) is 17.9. The average molecular weight is 489 g/mol. The molecule has 0 radical (unpaired) electrons. The molecule has 3 nitrogen and oxygen atoms in total. The van der Waals surface area contributed by atoms with Crippen LogP contribution in [0.5, 0.6) is 11.5 Å². The summed E-state index contributed by atoms with van der Waals surface area (Å²) in [6.07, 6.45) is 8.77. The van der Waals surface area contributed by atoms with Gasteiger partial charge in [0.15, 0.2) is 5.75 Å². The van der Waals surface area contributed by atoms with Crippen LogP contribution in [0.2, 0.25) is 0 Å². The number of para-hydroxylation sites is 3. The lowest BCUT2D eigenvalue weighted by molar-refractivity contribution is 0.484. The molecule has 1 atom stereocenters. The predicted molar refractivity (Wildman–Crippen MR) is 153 cm³/mol. The van der Waals surface area contributed by atoms with Gasteiger partial charge in [-0.3, -0.25) is 0 Å². The summed E-state index contributed by atoms with van der Waals surface area (Å²) in [4.78, 5) is 5.27. The summed E-state index contributed by atoms with van der Waals surface area (Å²) in [5.41, 5.74) is 3.01. The smallest absolute Gasteiger partial charge is 0.153 e. The number of rotatable bonds is 8. The van der Waals surface area contributed by atoms with Crippen LogP contribution in [-0.2, 0) is 6.54 Å². The van der Waals surface area contributed by atoms with E-state index in [1.165, 1.54) is 16.2 Å². The van der Waals surface area contributed by atoms with Crippen LogP contribution in [0.25, 0.3) is 0 Å². The Kier molecular flexibility index (Phi) is 8.03. The highest BCUT2D eigenvalue weighted by molar-refractivity contribution is 7.85. The second kappa shape index (κ2) is 12.2. The van der Waals surface area contributed by atoms with Gasteiger partial charge in [0.2, 0.25) is 0 Å². The summed E-state index contributed by atoms with van der Waals surface area (Å²) >= 11 is 0. The Morgan fingerprint density at radius 3 is 2.17 bits per heavy atom. The molecule has 0 aromatic heterocycles. The molecule has 4 aromatic rings. The molecule has 1 N–H and O–H groups in total. The van der Waals surface area contributed by atoms with E-state index in [2.05, 4.69) is 78.1 Å². The molecule has 0 saturated heterocycles. The van der Waals surface area contributed by atoms with Crippen LogP contribution in [-0.4, -0.2) is 5.58 Å². The molecule has 1 unspecified atom stereocenters. The van der Waals surface area contributed by atoms with Crippen molar-refractivity contribution in [2.75, 3.05) is 0 Å². The lowest BCUT2D eigenvalue weighted by Gasteiger charge is -2.25. The van der Waals surface area contributed by atoms with Crippen molar-refractivity contribution in [3.05, 3.63) is 144 Å². The summed E-state index contributed by atoms with van der Waals surface area (Å²) in [7, 11) is -0.836. The van der Waals surface area contributed by atoms with Crippen LogP contribution in [0.4, 0.5) is 5.69 Å². The number of hydrogen-bond donors (Lipinski definition) is 1. The van der Waals surface area contributed by atoms with Gasteiger partial charge in [0.25, 0.3) is 0 Å². The van der Waals surface area contributed by atoms with Crippen LogP contribution < -0.4 is 15.4 Å². The van der Waals surface area contributed by atoms with Gasteiger partial charge in [0, 0.05) is 14.5 Å². The third-order valence-corrected chi connectivity index (χ3v) is 8.30. The van der Waals surface area contributed by atoms with Gasteiger partial charge < -0.3 is 10.1 Å². The number of nitrogens with zero attached hydrogens (tertiary/aromatic N) is 1. The molecule has 4 aromatic carbocycles. The van der Waals surface area contributed by atoms with Crippen molar-refractivity contribution in [3.8, 4) is 11.5 Å². The van der Waals surface area contributed by atoms with E-state index in [-0.39, 0.29) is 0 Å². The molecule has 0 saturated carbocycles. The maximum Gasteiger partial charge on any atom is 0.153 e. The minimum absolute atomic E-state index is 0.705. The standard InChI is InChI=1S/C32H29N2OP/c1-5-15-26(16-6-1)25-33-32(36(28-19-9-3-10-20-28)29-21-11-4-12-22-29)34-30-23-13-14-24-31(30)35-27-17-7-2-8-18-27/h1-11,13-21,23-24H,12,22,25H2,(H,33,34). The van der Waals surface area contributed by atoms with Crippen LogP contribution in [0.1, 0.15) is 18.4 Å². The Morgan fingerprint density at radius 2 is 1.44 bits per heavy atom.